The highest BCUT2D eigenvalue weighted by Crippen LogP contribution is 2.20. The molecule has 4 nitrogen and oxygen atoms in total. The molecule has 1 aromatic carbocycles. The van der Waals surface area contributed by atoms with Gasteiger partial charge in [-0.05, 0) is 25.0 Å². The summed E-state index contributed by atoms with van der Waals surface area (Å²) in [6.07, 6.45) is 8.08. The number of benzene rings is 1. The van der Waals surface area contributed by atoms with Crippen LogP contribution in [0.25, 0.3) is 11.0 Å². The van der Waals surface area contributed by atoms with Gasteiger partial charge >= 0.3 is 0 Å². The van der Waals surface area contributed by atoms with Gasteiger partial charge in [-0.15, -0.1) is 0 Å². The molecule has 1 aliphatic rings. The van der Waals surface area contributed by atoms with E-state index in [9.17, 15) is 5.11 Å². The fourth-order valence-electron chi connectivity index (χ4n) is 3.24. The first kappa shape index (κ1) is 14.5. The van der Waals surface area contributed by atoms with E-state index in [0.717, 1.165) is 18.4 Å². The Bertz CT molecular complexity index is 587. The minimum atomic E-state index is -0.456. The molecule has 3 rings (SSSR count). The van der Waals surface area contributed by atoms with Gasteiger partial charge in [-0.3, -0.25) is 0 Å². The highest BCUT2D eigenvalue weighted by Gasteiger charge is 2.19. The van der Waals surface area contributed by atoms with Crippen molar-refractivity contribution in [1.29, 1.82) is 0 Å². The largest absolute Gasteiger partial charge is 0.387 e. The lowest BCUT2D eigenvalue weighted by Crippen LogP contribution is -2.28. The molecule has 0 saturated heterocycles. The van der Waals surface area contributed by atoms with Gasteiger partial charge in [0.2, 0.25) is 6.33 Å². The van der Waals surface area contributed by atoms with Crippen molar-refractivity contribution >= 4 is 11.0 Å². The molecular formula is C17H25N2O2+. The normalized spacial score (nSPS) is 18.2. The summed E-state index contributed by atoms with van der Waals surface area (Å²) in [5.41, 5.74) is 2.33. The summed E-state index contributed by atoms with van der Waals surface area (Å²) in [7, 11) is 2.03. The van der Waals surface area contributed by atoms with Crippen LogP contribution in [0.3, 0.4) is 0 Å². The Balaban J connectivity index is 1.59. The summed E-state index contributed by atoms with van der Waals surface area (Å²) in [4.78, 5) is 0. The molecule has 1 saturated carbocycles. The van der Waals surface area contributed by atoms with Gasteiger partial charge in [-0.2, -0.15) is 0 Å². The number of imidazole rings is 1. The molecule has 1 unspecified atom stereocenters. The lowest BCUT2D eigenvalue weighted by Gasteiger charge is -2.23. The highest BCUT2D eigenvalue weighted by molar-refractivity contribution is 5.71. The van der Waals surface area contributed by atoms with E-state index in [1.54, 1.807) is 0 Å². The van der Waals surface area contributed by atoms with Crippen LogP contribution in [0, 0.1) is 0 Å². The van der Waals surface area contributed by atoms with Crippen LogP contribution in [0.1, 0.15) is 32.1 Å². The van der Waals surface area contributed by atoms with Crippen molar-refractivity contribution in [1.82, 2.24) is 4.57 Å². The van der Waals surface area contributed by atoms with E-state index < -0.39 is 6.10 Å². The van der Waals surface area contributed by atoms with Crippen LogP contribution < -0.4 is 4.57 Å². The molecule has 1 heterocycles. The lowest BCUT2D eigenvalue weighted by atomic mass is 9.98. The molecule has 114 valence electrons. The Morgan fingerprint density at radius 2 is 2.05 bits per heavy atom. The summed E-state index contributed by atoms with van der Waals surface area (Å²) in [6, 6.07) is 8.25. The maximum Gasteiger partial charge on any atom is 0.244 e. The van der Waals surface area contributed by atoms with Crippen molar-refractivity contribution in [2.24, 2.45) is 7.05 Å². The smallest absolute Gasteiger partial charge is 0.244 e. The number of hydrogen-bond donors (Lipinski definition) is 1. The maximum absolute atomic E-state index is 10.2. The first-order valence-corrected chi connectivity index (χ1v) is 7.97. The van der Waals surface area contributed by atoms with Crippen LogP contribution in [0.5, 0.6) is 0 Å². The Hall–Kier alpha value is -1.39. The topological polar surface area (TPSA) is 38.3 Å². The average Bonchev–Trinajstić information content (AvgIpc) is 2.83. The maximum atomic E-state index is 10.2. The fraction of sp³-hybridized carbons (Fsp3) is 0.588. The molecule has 0 bridgehead atoms. The van der Waals surface area contributed by atoms with Crippen molar-refractivity contribution in [2.45, 2.75) is 50.9 Å². The van der Waals surface area contributed by atoms with E-state index in [4.69, 9.17) is 4.74 Å². The van der Waals surface area contributed by atoms with Crippen molar-refractivity contribution in [3.63, 3.8) is 0 Å². The zero-order valence-corrected chi connectivity index (χ0v) is 12.7. The fourth-order valence-corrected chi connectivity index (χ4v) is 3.24. The number of aliphatic hydroxyl groups excluding tert-OH is 1. The van der Waals surface area contributed by atoms with Gasteiger partial charge < -0.3 is 9.84 Å². The average molecular weight is 289 g/mol. The predicted molar refractivity (Wildman–Crippen MR) is 81.9 cm³/mol. The van der Waals surface area contributed by atoms with Crippen LogP contribution in [-0.2, 0) is 18.3 Å². The molecule has 1 aliphatic carbocycles. The van der Waals surface area contributed by atoms with Crippen molar-refractivity contribution in [3.8, 4) is 0 Å². The Kier molecular flexibility index (Phi) is 4.56. The van der Waals surface area contributed by atoms with Crippen molar-refractivity contribution in [3.05, 3.63) is 30.6 Å². The number of aliphatic hydroxyl groups is 1. The molecule has 1 aromatic heterocycles. The summed E-state index contributed by atoms with van der Waals surface area (Å²) >= 11 is 0. The van der Waals surface area contributed by atoms with Crippen LogP contribution in [-0.4, -0.2) is 28.5 Å². The quantitative estimate of drug-likeness (QED) is 0.857. The number of nitrogens with zero attached hydrogens (tertiary/aromatic N) is 2. The molecule has 21 heavy (non-hydrogen) atoms. The molecular weight excluding hydrogens is 264 g/mol. The SMILES string of the molecule is C[n+]1cn(CC(O)COC2CCCCC2)c2ccccc21. The van der Waals surface area contributed by atoms with Crippen LogP contribution in [0.2, 0.25) is 0 Å². The van der Waals surface area contributed by atoms with E-state index in [-0.39, 0.29) is 0 Å². The summed E-state index contributed by atoms with van der Waals surface area (Å²) in [5, 5.41) is 10.2. The molecule has 2 aromatic rings. The third-order valence-corrected chi connectivity index (χ3v) is 4.37. The molecule has 1 N–H and O–H groups in total. The number of ether oxygens (including phenoxy) is 1. The van der Waals surface area contributed by atoms with Crippen LogP contribution in [0.4, 0.5) is 0 Å². The van der Waals surface area contributed by atoms with Gasteiger partial charge in [0.15, 0.2) is 11.0 Å². The second kappa shape index (κ2) is 6.58. The zero-order valence-electron chi connectivity index (χ0n) is 12.7. The van der Waals surface area contributed by atoms with Crippen molar-refractivity contribution < 1.29 is 14.4 Å². The van der Waals surface area contributed by atoms with E-state index in [1.165, 1.54) is 24.8 Å². The number of aryl methyl sites for hydroxylation is 1. The first-order chi connectivity index (χ1) is 10.2. The van der Waals surface area contributed by atoms with Gasteiger partial charge in [-0.25, -0.2) is 9.13 Å². The van der Waals surface area contributed by atoms with E-state index in [1.807, 2.05) is 25.5 Å². The molecule has 0 radical (unpaired) electrons. The Morgan fingerprint density at radius 3 is 2.86 bits per heavy atom. The number of para-hydroxylation sites is 2. The number of hydrogen-bond acceptors (Lipinski definition) is 2. The second-order valence-electron chi connectivity index (χ2n) is 6.11. The van der Waals surface area contributed by atoms with Gasteiger partial charge in [0.05, 0.1) is 19.8 Å². The standard InChI is InChI=1S/C17H25N2O2/c1-18-13-19(17-10-6-5-9-16(17)18)11-14(20)12-21-15-7-3-2-4-8-15/h5-6,9-10,13-15,20H,2-4,7-8,11-12H2,1H3/q+1. The second-order valence-corrected chi connectivity index (χ2v) is 6.11. The molecule has 1 atom stereocenters. The number of aromatic nitrogens is 2. The number of fused-ring (bicyclic) bond motifs is 1. The first-order valence-electron chi connectivity index (χ1n) is 7.97. The van der Waals surface area contributed by atoms with E-state index in [0.29, 0.717) is 19.3 Å². The van der Waals surface area contributed by atoms with Crippen LogP contribution >= 0.6 is 0 Å². The lowest BCUT2D eigenvalue weighted by molar-refractivity contribution is -0.645. The van der Waals surface area contributed by atoms with E-state index in [2.05, 4.69) is 21.3 Å². The highest BCUT2D eigenvalue weighted by atomic mass is 16.5. The monoisotopic (exact) mass is 289 g/mol. The third kappa shape index (κ3) is 3.44. The minimum absolute atomic E-state index is 0.353. The van der Waals surface area contributed by atoms with Gasteiger partial charge in [-0.1, -0.05) is 31.4 Å². The molecule has 0 amide bonds. The zero-order chi connectivity index (χ0) is 14.7. The third-order valence-electron chi connectivity index (χ3n) is 4.37. The molecule has 4 heteroatoms. The summed E-state index contributed by atoms with van der Waals surface area (Å²) in [5.74, 6) is 0. The minimum Gasteiger partial charge on any atom is -0.387 e. The molecule has 1 fully saturated rings. The predicted octanol–water partition coefficient (Wildman–Crippen LogP) is 2.18. The van der Waals surface area contributed by atoms with Gasteiger partial charge in [0.25, 0.3) is 0 Å². The Labute approximate surface area is 126 Å². The van der Waals surface area contributed by atoms with Crippen molar-refractivity contribution in [2.75, 3.05) is 6.61 Å². The Morgan fingerprint density at radius 1 is 1.29 bits per heavy atom. The summed E-state index contributed by atoms with van der Waals surface area (Å²) in [6.45, 7) is 1.01. The molecule has 0 aliphatic heterocycles. The van der Waals surface area contributed by atoms with Gasteiger partial charge in [0, 0.05) is 0 Å². The summed E-state index contributed by atoms with van der Waals surface area (Å²) < 4.78 is 10.1. The van der Waals surface area contributed by atoms with E-state index >= 15 is 0 Å². The van der Waals surface area contributed by atoms with Gasteiger partial charge in [0.1, 0.15) is 12.6 Å². The number of rotatable bonds is 5. The molecule has 0 spiro atoms. The van der Waals surface area contributed by atoms with Crippen LogP contribution in [0.15, 0.2) is 30.6 Å².